The fourth-order valence-electron chi connectivity index (χ4n) is 4.20. The van der Waals surface area contributed by atoms with E-state index in [-0.39, 0.29) is 34.6 Å². The van der Waals surface area contributed by atoms with Crippen LogP contribution in [-0.4, -0.2) is 33.0 Å². The Labute approximate surface area is 205 Å². The number of aryl methyl sites for hydroxylation is 1. The molecule has 1 fully saturated rings. The van der Waals surface area contributed by atoms with Gasteiger partial charge in [-0.15, -0.1) is 0 Å². The first kappa shape index (κ1) is 24.4. The second-order valence-corrected chi connectivity index (χ2v) is 9.31. The van der Waals surface area contributed by atoms with Gasteiger partial charge in [0.25, 0.3) is 17.7 Å². The molecule has 1 aromatic carbocycles. The Hall–Kier alpha value is -3.73. The average molecular weight is 500 g/mol. The summed E-state index contributed by atoms with van der Waals surface area (Å²) in [5, 5.41) is 3.04. The van der Waals surface area contributed by atoms with Crippen molar-refractivity contribution in [3.8, 4) is 0 Å². The lowest BCUT2D eigenvalue weighted by Gasteiger charge is -2.30. The number of carbonyl (C=O) groups is 3. The Morgan fingerprint density at radius 1 is 1.20 bits per heavy atom. The van der Waals surface area contributed by atoms with Crippen LogP contribution in [0.1, 0.15) is 69.0 Å². The molecule has 1 atom stereocenters. The topological polar surface area (TPSA) is 145 Å². The molecule has 1 aliphatic rings. The van der Waals surface area contributed by atoms with Gasteiger partial charge >= 0.3 is 0 Å². The van der Waals surface area contributed by atoms with Gasteiger partial charge in [0.2, 0.25) is 0 Å². The highest BCUT2D eigenvalue weighted by molar-refractivity contribution is 7.09. The van der Waals surface area contributed by atoms with Gasteiger partial charge < -0.3 is 26.1 Å². The number of primary amides is 1. The smallest absolute Gasteiger partial charge is 0.270 e. The number of nitrogen functional groups attached to an aromatic ring is 1. The van der Waals surface area contributed by atoms with Crippen molar-refractivity contribution in [3.63, 3.8) is 0 Å². The maximum absolute atomic E-state index is 13.8. The monoisotopic (exact) mass is 499 g/mol. The molecule has 9 nitrogen and oxygen atoms in total. The van der Waals surface area contributed by atoms with E-state index in [0.29, 0.717) is 11.3 Å². The molecule has 4 rings (SSSR count). The van der Waals surface area contributed by atoms with E-state index in [1.54, 1.807) is 19.1 Å². The van der Waals surface area contributed by atoms with Gasteiger partial charge in [-0.2, -0.15) is 4.37 Å². The Bertz CT molecular complexity index is 1230. The number of hydrogen-bond donors (Lipinski definition) is 3. The van der Waals surface area contributed by atoms with Crippen molar-refractivity contribution in [2.45, 2.75) is 51.2 Å². The van der Waals surface area contributed by atoms with Crippen LogP contribution in [0.2, 0.25) is 0 Å². The molecule has 1 saturated carbocycles. The zero-order valence-electron chi connectivity index (χ0n) is 19.1. The van der Waals surface area contributed by atoms with E-state index in [9.17, 15) is 18.8 Å². The Balaban J connectivity index is 1.77. The van der Waals surface area contributed by atoms with E-state index in [2.05, 4.69) is 9.69 Å². The molecule has 35 heavy (non-hydrogen) atoms. The number of halogens is 1. The zero-order valence-corrected chi connectivity index (χ0v) is 19.9. The molecule has 2 heterocycles. The fraction of sp³-hybridized carbons (Fsp3) is 0.333. The lowest BCUT2D eigenvalue weighted by molar-refractivity contribution is -0.127. The van der Waals surface area contributed by atoms with Crippen molar-refractivity contribution >= 4 is 34.9 Å². The van der Waals surface area contributed by atoms with Gasteiger partial charge in [-0.1, -0.05) is 25.0 Å². The van der Waals surface area contributed by atoms with Crippen LogP contribution in [-0.2, 0) is 11.3 Å². The van der Waals surface area contributed by atoms with E-state index >= 15 is 0 Å². The third kappa shape index (κ3) is 5.35. The molecule has 0 radical (unpaired) electrons. The zero-order chi connectivity index (χ0) is 25.1. The Morgan fingerprint density at radius 2 is 1.89 bits per heavy atom. The summed E-state index contributed by atoms with van der Waals surface area (Å²) in [6.45, 7) is 1.69. The van der Waals surface area contributed by atoms with Gasteiger partial charge in [-0.05, 0) is 61.1 Å². The van der Waals surface area contributed by atoms with Crippen LogP contribution in [0.15, 0.2) is 40.8 Å². The van der Waals surface area contributed by atoms with Gasteiger partial charge in [0.1, 0.15) is 22.2 Å². The van der Waals surface area contributed by atoms with Gasteiger partial charge in [0.05, 0.1) is 5.69 Å². The number of nitrogens with two attached hydrogens (primary N) is 2. The second-order valence-electron chi connectivity index (χ2n) is 8.54. The van der Waals surface area contributed by atoms with Crippen LogP contribution in [0.5, 0.6) is 0 Å². The van der Waals surface area contributed by atoms with Gasteiger partial charge in [-0.3, -0.25) is 14.4 Å². The number of nitrogens with one attached hydrogen (secondary N) is 1. The number of aromatic nitrogens is 1. The molecule has 11 heteroatoms. The number of carbonyl (C=O) groups excluding carboxylic acids is 3. The number of furan rings is 1. The number of hydrogen-bond acceptors (Lipinski definition) is 7. The molecule has 0 aliphatic heterocycles. The Morgan fingerprint density at radius 3 is 2.46 bits per heavy atom. The molecule has 1 aliphatic carbocycles. The highest BCUT2D eigenvalue weighted by atomic mass is 32.1. The predicted octanol–water partition coefficient (Wildman–Crippen LogP) is 3.31. The normalized spacial score (nSPS) is 14.6. The van der Waals surface area contributed by atoms with E-state index in [1.807, 2.05) is 0 Å². The minimum atomic E-state index is -1.14. The second kappa shape index (κ2) is 10.3. The third-order valence-electron chi connectivity index (χ3n) is 5.97. The number of benzene rings is 1. The fourth-order valence-corrected chi connectivity index (χ4v) is 4.96. The minimum Gasteiger partial charge on any atom is -0.464 e. The van der Waals surface area contributed by atoms with Crippen LogP contribution < -0.4 is 16.8 Å². The summed E-state index contributed by atoms with van der Waals surface area (Å²) in [6, 6.07) is 7.81. The first-order valence-electron chi connectivity index (χ1n) is 11.2. The Kier molecular flexibility index (Phi) is 7.15. The SMILES string of the molecule is Cc1ccc([C@H](C(=O)NC2CCCC2)N(Cc2ccc(F)cc2)C(=O)c2snc(C(N)=O)c2N)o1. The molecule has 0 saturated heterocycles. The lowest BCUT2D eigenvalue weighted by Crippen LogP contribution is -2.45. The number of anilines is 1. The van der Waals surface area contributed by atoms with Gasteiger partial charge in [0.15, 0.2) is 11.7 Å². The molecule has 2 aromatic heterocycles. The maximum atomic E-state index is 13.8. The third-order valence-corrected chi connectivity index (χ3v) is 6.83. The van der Waals surface area contributed by atoms with Crippen molar-refractivity contribution in [2.75, 3.05) is 5.73 Å². The van der Waals surface area contributed by atoms with Crippen molar-refractivity contribution in [1.82, 2.24) is 14.6 Å². The van der Waals surface area contributed by atoms with Gasteiger partial charge in [0, 0.05) is 12.6 Å². The summed E-state index contributed by atoms with van der Waals surface area (Å²) in [4.78, 5) is 40.3. The molecule has 184 valence electrons. The molecule has 5 N–H and O–H groups in total. The quantitative estimate of drug-likeness (QED) is 0.434. The van der Waals surface area contributed by atoms with Gasteiger partial charge in [-0.25, -0.2) is 4.39 Å². The molecule has 0 spiro atoms. The largest absolute Gasteiger partial charge is 0.464 e. The van der Waals surface area contributed by atoms with Crippen molar-refractivity contribution in [1.29, 1.82) is 0 Å². The average Bonchev–Trinajstić information content (AvgIpc) is 3.56. The summed E-state index contributed by atoms with van der Waals surface area (Å²) in [5.41, 5.74) is 11.6. The number of amides is 3. The summed E-state index contributed by atoms with van der Waals surface area (Å²) < 4.78 is 23.3. The highest BCUT2D eigenvalue weighted by Crippen LogP contribution is 2.32. The van der Waals surface area contributed by atoms with E-state index in [1.165, 1.54) is 29.2 Å². The first-order valence-corrected chi connectivity index (χ1v) is 12.0. The molecule has 0 unspecified atom stereocenters. The lowest BCUT2D eigenvalue weighted by atomic mass is 10.1. The van der Waals surface area contributed by atoms with Crippen LogP contribution in [0.25, 0.3) is 0 Å². The summed E-state index contributed by atoms with van der Waals surface area (Å²) in [5.74, 6) is -1.48. The number of rotatable bonds is 8. The molecular weight excluding hydrogens is 473 g/mol. The van der Waals surface area contributed by atoms with Crippen LogP contribution in [0.4, 0.5) is 10.1 Å². The van der Waals surface area contributed by atoms with E-state index < -0.39 is 29.6 Å². The van der Waals surface area contributed by atoms with Crippen LogP contribution in [0.3, 0.4) is 0 Å². The summed E-state index contributed by atoms with van der Waals surface area (Å²) in [6.07, 6.45) is 3.73. The van der Waals surface area contributed by atoms with Crippen molar-refractivity contribution in [2.24, 2.45) is 5.73 Å². The van der Waals surface area contributed by atoms with Crippen LogP contribution >= 0.6 is 11.5 Å². The molecule has 0 bridgehead atoms. The molecular formula is C24H26FN5O4S. The molecule has 3 amide bonds. The van der Waals surface area contributed by atoms with Crippen molar-refractivity contribution in [3.05, 3.63) is 69.9 Å². The van der Waals surface area contributed by atoms with Crippen LogP contribution in [0, 0.1) is 12.7 Å². The molecule has 3 aromatic rings. The predicted molar refractivity (Wildman–Crippen MR) is 128 cm³/mol. The highest BCUT2D eigenvalue weighted by Gasteiger charge is 2.37. The van der Waals surface area contributed by atoms with Crippen molar-refractivity contribution < 1.29 is 23.2 Å². The first-order chi connectivity index (χ1) is 16.7. The van der Waals surface area contributed by atoms with E-state index in [4.69, 9.17) is 15.9 Å². The van der Waals surface area contributed by atoms with E-state index in [0.717, 1.165) is 37.2 Å². The summed E-state index contributed by atoms with van der Waals surface area (Å²) in [7, 11) is 0. The minimum absolute atomic E-state index is 0.00114. The maximum Gasteiger partial charge on any atom is 0.270 e. The number of nitrogens with zero attached hydrogens (tertiary/aromatic N) is 2. The standard InChI is InChI=1S/C24H26FN5O4S/c1-13-6-11-17(34-13)20(23(32)28-16-4-2-3-5-16)30(12-14-7-9-15(25)10-8-14)24(33)21-18(26)19(22(27)31)29-35-21/h6-11,16,20H,2-5,12,26H2,1H3,(H2,27,31)(H,28,32)/t20-/m1/s1. The summed E-state index contributed by atoms with van der Waals surface area (Å²) >= 11 is 0.727.